The number of nitrogens with zero attached hydrogens (tertiary/aromatic N) is 3. The van der Waals surface area contributed by atoms with E-state index >= 15 is 0 Å². The number of anilines is 1. The minimum Gasteiger partial charge on any atom is -0.388 e. The summed E-state index contributed by atoms with van der Waals surface area (Å²) in [6.45, 7) is 7.12. The fraction of sp³-hybridized carbons (Fsp3) is 0.292. The SMILES string of the molecule is [C-]#[N+]c1cccc(-n2nc(C(F)(F)F)cc2C(=O)Nc2cccc(C(O)CCC3CC3)c2)c1. The Bertz CT molecular complexity index is 1210. The predicted molar refractivity (Wildman–Crippen MR) is 116 cm³/mol. The van der Waals surface area contributed by atoms with Gasteiger partial charge in [-0.15, -0.1) is 0 Å². The van der Waals surface area contributed by atoms with Gasteiger partial charge in [0.05, 0.1) is 18.4 Å². The molecule has 1 fully saturated rings. The van der Waals surface area contributed by atoms with Crippen molar-refractivity contribution in [2.24, 2.45) is 5.92 Å². The Morgan fingerprint density at radius 2 is 1.97 bits per heavy atom. The summed E-state index contributed by atoms with van der Waals surface area (Å²) in [4.78, 5) is 16.2. The molecule has 9 heteroatoms. The number of carbonyl (C=O) groups excluding carboxylic acids is 1. The van der Waals surface area contributed by atoms with Gasteiger partial charge in [0.15, 0.2) is 11.4 Å². The number of halogens is 3. The van der Waals surface area contributed by atoms with E-state index < -0.39 is 23.9 Å². The molecule has 1 aliphatic carbocycles. The van der Waals surface area contributed by atoms with Crippen molar-refractivity contribution >= 4 is 17.3 Å². The number of aromatic nitrogens is 2. The first-order valence-electron chi connectivity index (χ1n) is 10.5. The number of hydrogen-bond acceptors (Lipinski definition) is 3. The molecule has 1 saturated carbocycles. The molecule has 33 heavy (non-hydrogen) atoms. The van der Waals surface area contributed by atoms with Crippen molar-refractivity contribution in [1.29, 1.82) is 0 Å². The highest BCUT2D eigenvalue weighted by molar-refractivity contribution is 6.03. The van der Waals surface area contributed by atoms with Crippen LogP contribution in [0.2, 0.25) is 0 Å². The summed E-state index contributed by atoms with van der Waals surface area (Å²) in [5, 5.41) is 16.6. The van der Waals surface area contributed by atoms with Crippen LogP contribution in [0.4, 0.5) is 24.5 Å². The third-order valence-corrected chi connectivity index (χ3v) is 5.51. The molecule has 170 valence electrons. The van der Waals surface area contributed by atoms with E-state index in [2.05, 4.69) is 15.3 Å². The van der Waals surface area contributed by atoms with Crippen LogP contribution in [0.3, 0.4) is 0 Å². The maximum absolute atomic E-state index is 13.3. The maximum Gasteiger partial charge on any atom is 0.435 e. The van der Waals surface area contributed by atoms with Crippen molar-refractivity contribution in [2.45, 2.75) is 38.0 Å². The zero-order chi connectivity index (χ0) is 23.6. The lowest BCUT2D eigenvalue weighted by atomic mass is 10.0. The van der Waals surface area contributed by atoms with Gasteiger partial charge in [-0.1, -0.05) is 37.1 Å². The summed E-state index contributed by atoms with van der Waals surface area (Å²) in [7, 11) is 0. The second kappa shape index (κ2) is 9.08. The minimum atomic E-state index is -4.75. The van der Waals surface area contributed by atoms with Crippen molar-refractivity contribution in [3.63, 3.8) is 0 Å². The van der Waals surface area contributed by atoms with Crippen molar-refractivity contribution in [3.05, 3.63) is 83.0 Å². The maximum atomic E-state index is 13.3. The van der Waals surface area contributed by atoms with Gasteiger partial charge < -0.3 is 10.4 Å². The summed E-state index contributed by atoms with van der Waals surface area (Å²) in [5.41, 5.74) is -0.208. The van der Waals surface area contributed by atoms with Gasteiger partial charge >= 0.3 is 6.18 Å². The average molecular weight is 454 g/mol. The molecule has 1 aliphatic rings. The van der Waals surface area contributed by atoms with E-state index in [0.717, 1.165) is 11.1 Å². The van der Waals surface area contributed by atoms with Gasteiger partial charge in [-0.25, -0.2) is 9.53 Å². The largest absolute Gasteiger partial charge is 0.435 e. The van der Waals surface area contributed by atoms with E-state index in [1.165, 1.54) is 37.1 Å². The highest BCUT2D eigenvalue weighted by Gasteiger charge is 2.36. The Balaban J connectivity index is 1.60. The molecule has 1 unspecified atom stereocenters. The summed E-state index contributed by atoms with van der Waals surface area (Å²) in [6, 6.07) is 13.1. The number of nitrogens with one attached hydrogen (secondary N) is 1. The molecule has 1 aromatic heterocycles. The van der Waals surface area contributed by atoms with E-state index in [1.807, 2.05) is 0 Å². The lowest BCUT2D eigenvalue weighted by Crippen LogP contribution is -2.17. The zero-order valence-corrected chi connectivity index (χ0v) is 17.5. The van der Waals surface area contributed by atoms with Gasteiger partial charge in [-0.3, -0.25) is 4.79 Å². The van der Waals surface area contributed by atoms with E-state index in [9.17, 15) is 23.1 Å². The van der Waals surface area contributed by atoms with E-state index in [0.29, 0.717) is 29.7 Å². The van der Waals surface area contributed by atoms with Crippen molar-refractivity contribution in [1.82, 2.24) is 9.78 Å². The third kappa shape index (κ3) is 5.41. The summed E-state index contributed by atoms with van der Waals surface area (Å²) in [5.74, 6) is -0.122. The lowest BCUT2D eigenvalue weighted by Gasteiger charge is -2.13. The minimum absolute atomic E-state index is 0.161. The van der Waals surface area contributed by atoms with Gasteiger partial charge in [-0.2, -0.15) is 18.3 Å². The summed E-state index contributed by atoms with van der Waals surface area (Å²) in [6.07, 6.45) is -1.50. The Hall–Kier alpha value is -3.64. The first-order chi connectivity index (χ1) is 15.7. The second-order valence-corrected chi connectivity index (χ2v) is 8.07. The number of alkyl halides is 3. The van der Waals surface area contributed by atoms with Crippen LogP contribution < -0.4 is 5.32 Å². The molecule has 0 aliphatic heterocycles. The molecule has 6 nitrogen and oxygen atoms in total. The summed E-state index contributed by atoms with van der Waals surface area (Å²) < 4.78 is 40.8. The lowest BCUT2D eigenvalue weighted by molar-refractivity contribution is -0.141. The molecule has 0 bridgehead atoms. The molecular weight excluding hydrogens is 433 g/mol. The van der Waals surface area contributed by atoms with E-state index in [1.54, 1.807) is 24.3 Å². The van der Waals surface area contributed by atoms with Gasteiger partial charge in [0.1, 0.15) is 5.69 Å². The quantitative estimate of drug-likeness (QED) is 0.436. The van der Waals surface area contributed by atoms with Crippen LogP contribution in [-0.4, -0.2) is 20.8 Å². The fourth-order valence-electron chi connectivity index (χ4n) is 3.56. The molecular formula is C24H21F3N4O2. The van der Waals surface area contributed by atoms with Crippen LogP contribution in [0.1, 0.15) is 53.5 Å². The van der Waals surface area contributed by atoms with Crippen molar-refractivity contribution in [3.8, 4) is 5.69 Å². The normalized spacial score (nSPS) is 14.5. The first-order valence-corrected chi connectivity index (χ1v) is 10.5. The molecule has 2 aromatic carbocycles. The molecule has 0 spiro atoms. The number of carbonyl (C=O) groups is 1. The number of aliphatic hydroxyl groups is 1. The Morgan fingerprint density at radius 1 is 1.21 bits per heavy atom. The van der Waals surface area contributed by atoms with E-state index in [4.69, 9.17) is 6.57 Å². The molecule has 2 N–H and O–H groups in total. The first kappa shape index (κ1) is 22.6. The van der Waals surface area contributed by atoms with Crippen LogP contribution in [0.15, 0.2) is 54.6 Å². The standard InChI is InChI=1S/C24H21F3N4O2/c1-28-17-5-3-7-19(13-17)31-20(14-22(30-31)24(25,26)27)23(33)29-18-6-2-4-16(12-18)21(32)11-10-15-8-9-15/h2-7,12-15,21,32H,8-11H2,(H,29,33). The predicted octanol–water partition coefficient (Wildman–Crippen LogP) is 5.92. The van der Waals surface area contributed by atoms with Crippen LogP contribution in [0, 0.1) is 12.5 Å². The average Bonchev–Trinajstić information content (AvgIpc) is 3.51. The smallest absolute Gasteiger partial charge is 0.388 e. The number of aliphatic hydroxyl groups excluding tert-OH is 1. The van der Waals surface area contributed by atoms with Crippen LogP contribution in [0.25, 0.3) is 10.5 Å². The van der Waals surface area contributed by atoms with Crippen molar-refractivity contribution in [2.75, 3.05) is 5.32 Å². The number of benzene rings is 2. The molecule has 0 saturated heterocycles. The summed E-state index contributed by atoms with van der Waals surface area (Å²) >= 11 is 0. The highest BCUT2D eigenvalue weighted by Crippen LogP contribution is 2.36. The molecule has 1 heterocycles. The molecule has 1 amide bonds. The molecule has 1 atom stereocenters. The third-order valence-electron chi connectivity index (χ3n) is 5.51. The fourth-order valence-corrected chi connectivity index (χ4v) is 3.56. The van der Waals surface area contributed by atoms with Gasteiger partial charge in [0, 0.05) is 11.8 Å². The Morgan fingerprint density at radius 3 is 2.67 bits per heavy atom. The second-order valence-electron chi connectivity index (χ2n) is 8.07. The van der Waals surface area contributed by atoms with Crippen LogP contribution in [0.5, 0.6) is 0 Å². The zero-order valence-electron chi connectivity index (χ0n) is 17.5. The molecule has 0 radical (unpaired) electrons. The van der Waals surface area contributed by atoms with Crippen LogP contribution >= 0.6 is 0 Å². The monoisotopic (exact) mass is 454 g/mol. The van der Waals surface area contributed by atoms with Gasteiger partial charge in [0.2, 0.25) is 0 Å². The Labute approximate surface area is 188 Å². The molecule has 3 aromatic rings. The number of rotatable bonds is 7. The van der Waals surface area contributed by atoms with Gasteiger partial charge in [0.25, 0.3) is 5.91 Å². The van der Waals surface area contributed by atoms with Crippen LogP contribution in [-0.2, 0) is 6.18 Å². The topological polar surface area (TPSA) is 71.5 Å². The molecule has 4 rings (SSSR count). The highest BCUT2D eigenvalue weighted by atomic mass is 19.4. The van der Waals surface area contributed by atoms with Gasteiger partial charge in [-0.05, 0) is 48.6 Å². The van der Waals surface area contributed by atoms with E-state index in [-0.39, 0.29) is 17.1 Å². The Kier molecular flexibility index (Phi) is 6.20. The number of amides is 1. The number of hydrogen-bond donors (Lipinski definition) is 2. The van der Waals surface area contributed by atoms with Crippen molar-refractivity contribution < 1.29 is 23.1 Å².